The number of amides is 1. The van der Waals surface area contributed by atoms with E-state index in [0.29, 0.717) is 18.3 Å². The van der Waals surface area contributed by atoms with Gasteiger partial charge in [0.05, 0.1) is 27.6 Å². The highest BCUT2D eigenvalue weighted by Gasteiger charge is 2.26. The van der Waals surface area contributed by atoms with E-state index in [-0.39, 0.29) is 5.91 Å². The van der Waals surface area contributed by atoms with E-state index < -0.39 is 0 Å². The first kappa shape index (κ1) is 19.3. The first-order valence-corrected chi connectivity index (χ1v) is 11.5. The molecule has 28 heavy (non-hydrogen) atoms. The molecule has 146 valence electrons. The molecule has 0 unspecified atom stereocenters. The van der Waals surface area contributed by atoms with Crippen molar-refractivity contribution in [1.82, 2.24) is 9.88 Å². The molecular formula is C22H24N2O2S2. The van der Waals surface area contributed by atoms with Crippen molar-refractivity contribution in [3.63, 3.8) is 0 Å². The zero-order valence-electron chi connectivity index (χ0n) is 16.0. The monoisotopic (exact) mass is 412 g/mol. The number of benzene rings is 2. The molecule has 0 saturated carbocycles. The molecule has 1 saturated heterocycles. The van der Waals surface area contributed by atoms with E-state index >= 15 is 0 Å². The Morgan fingerprint density at radius 1 is 1.25 bits per heavy atom. The van der Waals surface area contributed by atoms with Gasteiger partial charge >= 0.3 is 0 Å². The third kappa shape index (κ3) is 4.50. The molecule has 4 nitrogen and oxygen atoms in total. The number of carbonyl (C=O) groups is 1. The fraction of sp³-hybridized carbons (Fsp3) is 0.364. The number of rotatable bonds is 6. The predicted octanol–water partition coefficient (Wildman–Crippen LogP) is 5.19. The average Bonchev–Trinajstić information content (AvgIpc) is 3.18. The molecule has 1 aliphatic rings. The maximum absolute atomic E-state index is 12.8. The van der Waals surface area contributed by atoms with Crippen molar-refractivity contribution < 1.29 is 9.53 Å². The van der Waals surface area contributed by atoms with Gasteiger partial charge in [-0.25, -0.2) is 4.98 Å². The zero-order chi connectivity index (χ0) is 19.3. The largest absolute Gasteiger partial charge is 0.494 e. The van der Waals surface area contributed by atoms with Crippen LogP contribution in [0, 0.1) is 0 Å². The number of ether oxygens (including phenoxy) is 1. The van der Waals surface area contributed by atoms with Crippen LogP contribution in [0.1, 0.15) is 30.7 Å². The summed E-state index contributed by atoms with van der Waals surface area (Å²) in [6, 6.07) is 16.2. The van der Waals surface area contributed by atoms with Gasteiger partial charge in [-0.15, -0.1) is 23.1 Å². The molecule has 2 heterocycles. The topological polar surface area (TPSA) is 42.4 Å². The lowest BCUT2D eigenvalue weighted by Crippen LogP contribution is -2.40. The Morgan fingerprint density at radius 3 is 2.86 bits per heavy atom. The summed E-state index contributed by atoms with van der Waals surface area (Å²) < 4.78 is 6.70. The summed E-state index contributed by atoms with van der Waals surface area (Å²) in [5.41, 5.74) is 1.07. The molecule has 1 aromatic heterocycles. The van der Waals surface area contributed by atoms with Gasteiger partial charge in [-0.2, -0.15) is 0 Å². The minimum absolute atomic E-state index is 0.213. The first-order chi connectivity index (χ1) is 13.7. The van der Waals surface area contributed by atoms with Crippen LogP contribution in [0.25, 0.3) is 10.2 Å². The van der Waals surface area contributed by atoms with Crippen LogP contribution >= 0.6 is 23.1 Å². The van der Waals surface area contributed by atoms with Gasteiger partial charge in [0.1, 0.15) is 5.75 Å². The number of thioether (sulfide) groups is 1. The second kappa shape index (κ2) is 8.97. The van der Waals surface area contributed by atoms with Gasteiger partial charge in [0.15, 0.2) is 0 Å². The van der Waals surface area contributed by atoms with Gasteiger partial charge in [0.2, 0.25) is 5.91 Å². The fourth-order valence-corrected chi connectivity index (χ4v) is 5.40. The SMILES string of the molecule is CCOc1ccc(SCC(=O)N2CCC[C@@H](c3nc4ccccc4s3)C2)cc1. The third-order valence-corrected chi connectivity index (χ3v) is 7.13. The molecule has 6 heteroatoms. The summed E-state index contributed by atoms with van der Waals surface area (Å²) in [7, 11) is 0. The van der Waals surface area contributed by atoms with Crippen molar-refractivity contribution in [3.05, 3.63) is 53.5 Å². The molecule has 0 radical (unpaired) electrons. The Balaban J connectivity index is 1.35. The quantitative estimate of drug-likeness (QED) is 0.522. The molecule has 0 spiro atoms. The Kier molecular flexibility index (Phi) is 6.17. The third-order valence-electron chi connectivity index (χ3n) is 4.93. The van der Waals surface area contributed by atoms with Crippen LogP contribution in [0.3, 0.4) is 0 Å². The molecule has 1 aliphatic heterocycles. The highest BCUT2D eigenvalue weighted by molar-refractivity contribution is 8.00. The maximum atomic E-state index is 12.8. The van der Waals surface area contributed by atoms with E-state index in [4.69, 9.17) is 9.72 Å². The van der Waals surface area contributed by atoms with Crippen molar-refractivity contribution in [2.75, 3.05) is 25.4 Å². The van der Waals surface area contributed by atoms with Crippen LogP contribution in [0.5, 0.6) is 5.75 Å². The predicted molar refractivity (Wildman–Crippen MR) is 117 cm³/mol. The fourth-order valence-electron chi connectivity index (χ4n) is 3.51. The van der Waals surface area contributed by atoms with Crippen molar-refractivity contribution in [2.45, 2.75) is 30.6 Å². The highest BCUT2D eigenvalue weighted by atomic mass is 32.2. The Bertz CT molecular complexity index is 906. The molecule has 1 amide bonds. The normalized spacial score (nSPS) is 17.0. The number of likely N-dealkylation sites (tertiary alicyclic amines) is 1. The standard InChI is InChI=1S/C22H24N2O2S2/c1-2-26-17-9-11-18(12-10-17)27-15-21(25)24-13-5-6-16(14-24)22-23-19-7-3-4-8-20(19)28-22/h3-4,7-12,16H,2,5-6,13-15H2,1H3/t16-/m1/s1. The number of hydrogen-bond donors (Lipinski definition) is 0. The lowest BCUT2D eigenvalue weighted by Gasteiger charge is -2.31. The number of carbonyl (C=O) groups excluding carboxylic acids is 1. The van der Waals surface area contributed by atoms with Crippen LogP contribution in [0.4, 0.5) is 0 Å². The molecule has 0 aliphatic carbocycles. The number of nitrogens with zero attached hydrogens (tertiary/aromatic N) is 2. The van der Waals surface area contributed by atoms with E-state index in [9.17, 15) is 4.79 Å². The minimum atomic E-state index is 0.213. The van der Waals surface area contributed by atoms with Gasteiger partial charge in [-0.1, -0.05) is 12.1 Å². The van der Waals surface area contributed by atoms with Crippen LogP contribution in [0.15, 0.2) is 53.4 Å². The van der Waals surface area contributed by atoms with Gasteiger partial charge in [0.25, 0.3) is 0 Å². The Morgan fingerprint density at radius 2 is 2.07 bits per heavy atom. The van der Waals surface area contributed by atoms with E-state index in [1.54, 1.807) is 23.1 Å². The second-order valence-corrected chi connectivity index (χ2v) is 9.00. The number of para-hydroxylation sites is 1. The number of aromatic nitrogens is 1. The van der Waals surface area contributed by atoms with Gasteiger partial charge < -0.3 is 9.64 Å². The lowest BCUT2D eigenvalue weighted by molar-refractivity contribution is -0.129. The molecular weight excluding hydrogens is 388 g/mol. The summed E-state index contributed by atoms with van der Waals surface area (Å²) in [5, 5.41) is 1.16. The average molecular weight is 413 g/mol. The van der Waals surface area contributed by atoms with Crippen LogP contribution < -0.4 is 4.74 Å². The van der Waals surface area contributed by atoms with Gasteiger partial charge in [0, 0.05) is 23.9 Å². The van der Waals surface area contributed by atoms with Crippen molar-refractivity contribution >= 4 is 39.2 Å². The summed E-state index contributed by atoms with van der Waals surface area (Å²) in [6.07, 6.45) is 2.15. The van der Waals surface area contributed by atoms with Crippen LogP contribution in [0.2, 0.25) is 0 Å². The van der Waals surface area contributed by atoms with Crippen LogP contribution in [-0.4, -0.2) is 41.2 Å². The molecule has 0 N–H and O–H groups in total. The number of piperidine rings is 1. The van der Waals surface area contributed by atoms with E-state index in [1.165, 1.54) is 4.70 Å². The molecule has 1 atom stereocenters. The minimum Gasteiger partial charge on any atom is -0.494 e. The summed E-state index contributed by atoms with van der Waals surface area (Å²) in [4.78, 5) is 20.7. The second-order valence-electron chi connectivity index (χ2n) is 6.89. The molecule has 1 fully saturated rings. The summed E-state index contributed by atoms with van der Waals surface area (Å²) in [5.74, 6) is 1.91. The van der Waals surface area contributed by atoms with Crippen LogP contribution in [-0.2, 0) is 4.79 Å². The van der Waals surface area contributed by atoms with E-state index in [2.05, 4.69) is 18.2 Å². The number of thiazole rings is 1. The molecule has 3 aromatic rings. The zero-order valence-corrected chi connectivity index (χ0v) is 17.6. The van der Waals surface area contributed by atoms with Crippen molar-refractivity contribution in [1.29, 1.82) is 0 Å². The first-order valence-electron chi connectivity index (χ1n) is 9.72. The smallest absolute Gasteiger partial charge is 0.232 e. The molecule has 4 rings (SSSR count). The summed E-state index contributed by atoms with van der Waals surface area (Å²) >= 11 is 3.36. The van der Waals surface area contributed by atoms with Crippen molar-refractivity contribution in [2.24, 2.45) is 0 Å². The maximum Gasteiger partial charge on any atom is 0.232 e. The lowest BCUT2D eigenvalue weighted by atomic mass is 9.99. The van der Waals surface area contributed by atoms with E-state index in [0.717, 1.165) is 47.1 Å². The Labute approximate surface area is 173 Å². The summed E-state index contributed by atoms with van der Waals surface area (Å²) in [6.45, 7) is 4.27. The molecule has 0 bridgehead atoms. The molecule has 2 aromatic carbocycles. The van der Waals surface area contributed by atoms with Crippen molar-refractivity contribution in [3.8, 4) is 5.75 Å². The van der Waals surface area contributed by atoms with E-state index in [1.807, 2.05) is 42.2 Å². The number of fused-ring (bicyclic) bond motifs is 1. The van der Waals surface area contributed by atoms with Gasteiger partial charge in [-0.3, -0.25) is 4.79 Å². The highest BCUT2D eigenvalue weighted by Crippen LogP contribution is 2.33. The van der Waals surface area contributed by atoms with Gasteiger partial charge in [-0.05, 0) is 56.2 Å². The Hall–Kier alpha value is -2.05. The number of hydrogen-bond acceptors (Lipinski definition) is 5.